The van der Waals surface area contributed by atoms with E-state index in [9.17, 15) is 4.79 Å². The van der Waals surface area contributed by atoms with Crippen molar-refractivity contribution in [3.05, 3.63) is 76.7 Å². The third-order valence-electron chi connectivity index (χ3n) is 3.68. The van der Waals surface area contributed by atoms with Crippen molar-refractivity contribution >= 4 is 46.0 Å². The normalized spacial score (nSPS) is 16.6. The zero-order chi connectivity index (χ0) is 17.8. The Bertz CT molecular complexity index is 855. The number of ether oxygens (including phenoxy) is 1. The summed E-state index contributed by atoms with van der Waals surface area (Å²) in [6.07, 6.45) is 3.93. The molecule has 0 saturated carbocycles. The number of thioether (sulfide) groups is 1. The Labute approximate surface area is 157 Å². The highest BCUT2D eigenvalue weighted by Crippen LogP contribution is 2.36. The molecule has 5 heteroatoms. The largest absolute Gasteiger partial charge is 0.497 e. The molecule has 0 aliphatic carbocycles. The fourth-order valence-corrected chi connectivity index (χ4v) is 3.83. The number of anilines is 1. The molecule has 0 bridgehead atoms. The Kier molecular flexibility index (Phi) is 5.36. The van der Waals surface area contributed by atoms with Gasteiger partial charge in [-0.2, -0.15) is 0 Å². The van der Waals surface area contributed by atoms with Gasteiger partial charge < -0.3 is 4.74 Å². The van der Waals surface area contributed by atoms with Crippen LogP contribution in [-0.2, 0) is 4.79 Å². The minimum atomic E-state index is -0.0963. The first kappa shape index (κ1) is 17.5. The molecule has 1 aliphatic heterocycles. The molecule has 1 fully saturated rings. The first-order valence-corrected chi connectivity index (χ1v) is 8.96. The molecule has 3 nitrogen and oxygen atoms in total. The van der Waals surface area contributed by atoms with Gasteiger partial charge in [0, 0.05) is 0 Å². The average Bonchev–Trinajstić information content (AvgIpc) is 2.89. The molecule has 2 aromatic carbocycles. The van der Waals surface area contributed by atoms with Gasteiger partial charge in [0.2, 0.25) is 0 Å². The molecule has 1 heterocycles. The number of hydrogen-bond acceptors (Lipinski definition) is 4. The van der Waals surface area contributed by atoms with Crippen LogP contribution in [0.15, 0.2) is 71.2 Å². The highest BCUT2D eigenvalue weighted by atomic mass is 32.2. The summed E-state index contributed by atoms with van der Waals surface area (Å²) in [5.41, 5.74) is 2.85. The van der Waals surface area contributed by atoms with Gasteiger partial charge in [0.05, 0.1) is 17.7 Å². The summed E-state index contributed by atoms with van der Waals surface area (Å²) in [6.45, 7) is 1.98. The van der Waals surface area contributed by atoms with E-state index in [0.717, 1.165) is 22.6 Å². The van der Waals surface area contributed by atoms with Crippen molar-refractivity contribution in [1.82, 2.24) is 0 Å². The van der Waals surface area contributed by atoms with Crippen molar-refractivity contribution in [2.24, 2.45) is 0 Å². The van der Waals surface area contributed by atoms with E-state index in [2.05, 4.69) is 0 Å². The summed E-state index contributed by atoms with van der Waals surface area (Å²) in [5.74, 6) is 0.646. The van der Waals surface area contributed by atoms with E-state index in [1.807, 2.05) is 73.7 Å². The molecule has 0 unspecified atom stereocenters. The Morgan fingerprint density at radius 2 is 1.80 bits per heavy atom. The lowest BCUT2D eigenvalue weighted by atomic mass is 10.1. The first-order valence-electron chi connectivity index (χ1n) is 7.74. The molecule has 0 N–H and O–H groups in total. The highest BCUT2D eigenvalue weighted by Gasteiger charge is 2.33. The van der Waals surface area contributed by atoms with Gasteiger partial charge in [-0.1, -0.05) is 60.4 Å². The first-order chi connectivity index (χ1) is 12.1. The number of allylic oxidation sites excluding steroid dienone is 2. The SMILES string of the molecule is COc1ccc(N2C(=O)/C(=C\C(C)=Cc3ccccc3)SC2=S)cc1. The lowest BCUT2D eigenvalue weighted by Crippen LogP contribution is -2.27. The van der Waals surface area contributed by atoms with Crippen molar-refractivity contribution in [1.29, 1.82) is 0 Å². The molecule has 2 aromatic rings. The van der Waals surface area contributed by atoms with Gasteiger partial charge in [-0.25, -0.2) is 0 Å². The van der Waals surface area contributed by atoms with Crippen LogP contribution in [0, 0.1) is 0 Å². The van der Waals surface area contributed by atoms with Crippen LogP contribution in [0.4, 0.5) is 5.69 Å². The molecule has 0 aromatic heterocycles. The van der Waals surface area contributed by atoms with E-state index in [1.54, 1.807) is 12.0 Å². The standard InChI is InChI=1S/C20H17NO2S2/c1-14(12-15-6-4-3-5-7-15)13-18-19(22)21(20(24)25-18)16-8-10-17(23-2)11-9-16/h3-13H,1-2H3/b14-12?,18-13+. The maximum Gasteiger partial charge on any atom is 0.270 e. The van der Waals surface area contributed by atoms with Crippen molar-refractivity contribution in [2.45, 2.75) is 6.92 Å². The fourth-order valence-electron chi connectivity index (χ4n) is 2.48. The number of amides is 1. The zero-order valence-corrected chi connectivity index (χ0v) is 15.6. The predicted molar refractivity (Wildman–Crippen MR) is 109 cm³/mol. The van der Waals surface area contributed by atoms with Crippen LogP contribution in [0.25, 0.3) is 6.08 Å². The molecule has 0 atom stereocenters. The maximum atomic E-state index is 12.7. The Morgan fingerprint density at radius 3 is 2.44 bits per heavy atom. The number of rotatable bonds is 4. The summed E-state index contributed by atoms with van der Waals surface area (Å²) in [5, 5.41) is 0. The lowest BCUT2D eigenvalue weighted by molar-refractivity contribution is -0.113. The maximum absolute atomic E-state index is 12.7. The number of carbonyl (C=O) groups excluding carboxylic acids is 1. The lowest BCUT2D eigenvalue weighted by Gasteiger charge is -2.14. The van der Waals surface area contributed by atoms with Gasteiger partial charge >= 0.3 is 0 Å². The predicted octanol–water partition coefficient (Wildman–Crippen LogP) is 5.05. The molecular weight excluding hydrogens is 350 g/mol. The van der Waals surface area contributed by atoms with Gasteiger partial charge in [-0.3, -0.25) is 9.69 Å². The average molecular weight is 367 g/mol. The van der Waals surface area contributed by atoms with Crippen LogP contribution in [-0.4, -0.2) is 17.3 Å². The van der Waals surface area contributed by atoms with Gasteiger partial charge in [0.1, 0.15) is 5.75 Å². The van der Waals surface area contributed by atoms with Crippen molar-refractivity contribution in [3.8, 4) is 5.75 Å². The fraction of sp³-hybridized carbons (Fsp3) is 0.100. The van der Waals surface area contributed by atoms with E-state index >= 15 is 0 Å². The molecule has 1 saturated heterocycles. The highest BCUT2D eigenvalue weighted by molar-refractivity contribution is 8.27. The van der Waals surface area contributed by atoms with Crippen LogP contribution in [0.1, 0.15) is 12.5 Å². The van der Waals surface area contributed by atoms with E-state index in [1.165, 1.54) is 11.8 Å². The Balaban J connectivity index is 1.84. The van der Waals surface area contributed by atoms with Crippen molar-refractivity contribution in [2.75, 3.05) is 12.0 Å². The second-order valence-corrected chi connectivity index (χ2v) is 7.19. The molecule has 1 amide bonds. The summed E-state index contributed by atoms with van der Waals surface area (Å²) >= 11 is 6.72. The number of carbonyl (C=O) groups is 1. The van der Waals surface area contributed by atoms with Crippen molar-refractivity contribution < 1.29 is 9.53 Å². The molecule has 1 aliphatic rings. The van der Waals surface area contributed by atoms with E-state index in [-0.39, 0.29) is 5.91 Å². The van der Waals surface area contributed by atoms with Crippen LogP contribution in [0.3, 0.4) is 0 Å². The quantitative estimate of drug-likeness (QED) is 0.559. The zero-order valence-electron chi connectivity index (χ0n) is 13.9. The van der Waals surface area contributed by atoms with E-state index < -0.39 is 0 Å². The number of nitrogens with zero attached hydrogens (tertiary/aromatic N) is 1. The van der Waals surface area contributed by atoms with Gasteiger partial charge in [0.15, 0.2) is 4.32 Å². The number of methoxy groups -OCH3 is 1. The number of thiocarbonyl (C=S) groups is 1. The summed E-state index contributed by atoms with van der Waals surface area (Å²) in [6, 6.07) is 17.3. The van der Waals surface area contributed by atoms with E-state index in [4.69, 9.17) is 17.0 Å². The second-order valence-electron chi connectivity index (χ2n) is 5.51. The summed E-state index contributed by atoms with van der Waals surface area (Å²) in [4.78, 5) is 14.9. The number of hydrogen-bond donors (Lipinski definition) is 0. The molecule has 0 spiro atoms. The monoisotopic (exact) mass is 367 g/mol. The minimum absolute atomic E-state index is 0.0963. The van der Waals surface area contributed by atoms with Crippen LogP contribution in [0.5, 0.6) is 5.75 Å². The smallest absolute Gasteiger partial charge is 0.270 e. The van der Waals surface area contributed by atoms with Crippen LogP contribution < -0.4 is 9.64 Å². The molecule has 0 radical (unpaired) electrons. The van der Waals surface area contributed by atoms with Crippen LogP contribution in [0.2, 0.25) is 0 Å². The van der Waals surface area contributed by atoms with E-state index in [0.29, 0.717) is 9.23 Å². The van der Waals surface area contributed by atoms with Gasteiger partial charge in [0.25, 0.3) is 5.91 Å². The van der Waals surface area contributed by atoms with Crippen LogP contribution >= 0.6 is 24.0 Å². The summed E-state index contributed by atoms with van der Waals surface area (Å²) in [7, 11) is 1.61. The van der Waals surface area contributed by atoms with Gasteiger partial charge in [-0.05, 0) is 48.4 Å². The molecule has 126 valence electrons. The third kappa shape index (κ3) is 4.00. The minimum Gasteiger partial charge on any atom is -0.497 e. The molecule has 3 rings (SSSR count). The number of benzene rings is 2. The second kappa shape index (κ2) is 7.68. The topological polar surface area (TPSA) is 29.5 Å². The Hall–Kier alpha value is -2.37. The van der Waals surface area contributed by atoms with Gasteiger partial charge in [-0.15, -0.1) is 0 Å². The molecular formula is C20H17NO2S2. The summed E-state index contributed by atoms with van der Waals surface area (Å²) < 4.78 is 5.69. The van der Waals surface area contributed by atoms with Crippen molar-refractivity contribution in [3.63, 3.8) is 0 Å². The third-order valence-corrected chi connectivity index (χ3v) is 4.98. The molecule has 25 heavy (non-hydrogen) atoms. The Morgan fingerprint density at radius 1 is 1.12 bits per heavy atom.